The Kier molecular flexibility index (Phi) is 36.1. The van der Waals surface area contributed by atoms with Gasteiger partial charge in [-0.15, -0.1) is 0 Å². The van der Waals surface area contributed by atoms with Crippen LogP contribution in [0.4, 0.5) is 0 Å². The molecule has 0 aliphatic heterocycles. The number of carbonyl (C=O) groups excluding carboxylic acids is 6. The number of ketones is 3. The summed E-state index contributed by atoms with van der Waals surface area (Å²) in [5, 5.41) is 31.4. The zero-order valence-corrected chi connectivity index (χ0v) is 34.1. The first-order valence-corrected chi connectivity index (χ1v) is 18.1. The van der Waals surface area contributed by atoms with Crippen LogP contribution in [0.1, 0.15) is 139 Å². The van der Waals surface area contributed by atoms with Crippen molar-refractivity contribution < 1.29 is 72.5 Å². The first kappa shape index (κ1) is 56.5. The van der Waals surface area contributed by atoms with Crippen LogP contribution in [0.2, 0.25) is 0 Å². The summed E-state index contributed by atoms with van der Waals surface area (Å²) in [6, 6.07) is 0. The molecule has 0 saturated carbocycles. The van der Waals surface area contributed by atoms with E-state index in [1.54, 1.807) is 20.8 Å². The van der Waals surface area contributed by atoms with Gasteiger partial charge in [-0.3, -0.25) is 14.4 Å². The molecule has 0 unspecified atom stereocenters. The zero-order chi connectivity index (χ0) is 39.9. The fourth-order valence-corrected chi connectivity index (χ4v) is 4.21. The van der Waals surface area contributed by atoms with Gasteiger partial charge in [0, 0.05) is 37.2 Å². The van der Waals surface area contributed by atoms with Gasteiger partial charge < -0.3 is 58.1 Å². The van der Waals surface area contributed by atoms with Crippen molar-refractivity contribution in [3.8, 4) is 0 Å². The van der Waals surface area contributed by atoms with E-state index in [-0.39, 0.29) is 17.4 Å². The van der Waals surface area contributed by atoms with Gasteiger partial charge in [0.2, 0.25) is 17.4 Å². The number of carbonyl (C=O) groups is 6. The Morgan fingerprint density at radius 1 is 0.365 bits per heavy atom. The number of carboxylic acid groups (broad SMARTS) is 3. The Labute approximate surface area is 320 Å². The van der Waals surface area contributed by atoms with Crippen LogP contribution in [0.3, 0.4) is 0 Å². The molecule has 0 aliphatic rings. The molecule has 0 amide bonds. The van der Waals surface area contributed by atoms with Crippen LogP contribution in [-0.2, 0) is 57.2 Å². The molecule has 0 rings (SSSR count). The second-order valence-corrected chi connectivity index (χ2v) is 11.3. The summed E-state index contributed by atoms with van der Waals surface area (Å²) in [5.41, 5.74) is 0. The largest absolute Gasteiger partial charge is 3.00 e. The summed E-state index contributed by atoms with van der Waals surface area (Å²) >= 11 is 0. The maximum atomic E-state index is 11.8. The van der Waals surface area contributed by atoms with E-state index in [4.69, 9.17) is 28.4 Å². The number of hydrogen-bond acceptors (Lipinski definition) is 15. The van der Waals surface area contributed by atoms with Crippen LogP contribution in [0.15, 0.2) is 0 Å². The van der Waals surface area contributed by atoms with Crippen molar-refractivity contribution in [1.82, 2.24) is 0 Å². The summed E-state index contributed by atoms with van der Waals surface area (Å²) in [7, 11) is 0. The minimum absolute atomic E-state index is 0. The van der Waals surface area contributed by atoms with Crippen LogP contribution < -0.4 is 15.3 Å². The fraction of sp³-hybridized carbons (Fsp3) is 0.833. The predicted octanol–water partition coefficient (Wildman–Crippen LogP) is 1.58. The van der Waals surface area contributed by atoms with Gasteiger partial charge in [-0.25, -0.2) is 0 Å². The van der Waals surface area contributed by atoms with Crippen molar-refractivity contribution in [2.75, 3.05) is 39.6 Å². The summed E-state index contributed by atoms with van der Waals surface area (Å²) in [6.45, 7) is 18.8. The number of hydrogen-bond donors (Lipinski definition) is 0. The number of aliphatic carboxylic acids is 3. The normalized spacial score (nSPS) is 11.2. The van der Waals surface area contributed by atoms with E-state index in [1.165, 1.54) is 0 Å². The van der Waals surface area contributed by atoms with Gasteiger partial charge in [0.15, 0.2) is 17.3 Å². The molecule has 0 aromatic carbocycles. The second-order valence-electron chi connectivity index (χ2n) is 11.3. The van der Waals surface area contributed by atoms with Crippen LogP contribution >= 0.6 is 0 Å². The van der Waals surface area contributed by atoms with E-state index in [0.717, 1.165) is 38.5 Å². The standard InChI is InChI=1S/3C12H22O5.Al/c3*1-4-7-16-12(6-3,17-8-5-2)10(13)9-11(14)15;/h3*4-9H2,1-3H3,(H,14,15);/q;;;+3/p-3. The average molecular weight is 763 g/mol. The van der Waals surface area contributed by atoms with Gasteiger partial charge in [0.25, 0.3) is 0 Å². The van der Waals surface area contributed by atoms with E-state index < -0.39 is 71.9 Å². The molecule has 0 fully saturated rings. The summed E-state index contributed by atoms with van der Waals surface area (Å²) in [6.07, 6.45) is 3.23. The Bertz CT molecular complexity index is 855. The fourth-order valence-electron chi connectivity index (χ4n) is 4.21. The average Bonchev–Trinajstić information content (AvgIpc) is 3.09. The molecule has 0 saturated heterocycles. The van der Waals surface area contributed by atoms with Crippen molar-refractivity contribution in [1.29, 1.82) is 0 Å². The van der Waals surface area contributed by atoms with Gasteiger partial charge in [-0.2, -0.15) is 0 Å². The van der Waals surface area contributed by atoms with Crippen molar-refractivity contribution in [2.45, 2.75) is 157 Å². The van der Waals surface area contributed by atoms with Crippen LogP contribution in [-0.4, -0.2) is 110 Å². The SMILES string of the molecule is CCCOC(CC)(OCCC)C(=O)CC(=O)[O-].CCCOC(CC)(OCCC)C(=O)CC(=O)[O-].CCCOC(CC)(OCCC)C(=O)CC(=O)[O-].[Al+3]. The molecule has 0 heterocycles. The van der Waals surface area contributed by atoms with Crippen molar-refractivity contribution in [2.24, 2.45) is 0 Å². The topological polar surface area (TPSA) is 227 Å². The molecule has 52 heavy (non-hydrogen) atoms. The quantitative estimate of drug-likeness (QED) is 0.0575. The van der Waals surface area contributed by atoms with E-state index in [9.17, 15) is 44.1 Å². The molecule has 0 aromatic rings. The molecule has 0 bridgehead atoms. The van der Waals surface area contributed by atoms with E-state index in [2.05, 4.69) is 0 Å². The molecule has 0 N–H and O–H groups in total. The Hall–Kier alpha value is -2.29. The number of carboxylic acids is 3. The third-order valence-electron chi connectivity index (χ3n) is 6.82. The first-order chi connectivity index (χ1) is 24.1. The summed E-state index contributed by atoms with van der Waals surface area (Å²) < 4.78 is 32.6. The molecule has 0 radical (unpaired) electrons. The maximum Gasteiger partial charge on any atom is 3.00 e. The molecule has 300 valence electrons. The molecule has 0 aromatic heterocycles. The molecule has 0 aliphatic carbocycles. The van der Waals surface area contributed by atoms with E-state index >= 15 is 0 Å². The molecule has 0 atom stereocenters. The van der Waals surface area contributed by atoms with Crippen LogP contribution in [0, 0.1) is 0 Å². The number of ether oxygens (including phenoxy) is 6. The molecule has 15 nitrogen and oxygen atoms in total. The Balaban J connectivity index is -0.000000329. The maximum absolute atomic E-state index is 11.8. The minimum atomic E-state index is -1.42. The van der Waals surface area contributed by atoms with Gasteiger partial charge in [0.1, 0.15) is 0 Å². The van der Waals surface area contributed by atoms with E-state index in [0.29, 0.717) is 58.9 Å². The molecule has 16 heteroatoms. The Morgan fingerprint density at radius 2 is 0.519 bits per heavy atom. The Morgan fingerprint density at radius 3 is 0.615 bits per heavy atom. The van der Waals surface area contributed by atoms with Gasteiger partial charge in [-0.05, 0) is 38.5 Å². The zero-order valence-electron chi connectivity index (χ0n) is 32.9. The van der Waals surface area contributed by atoms with Crippen molar-refractivity contribution >= 4 is 52.6 Å². The molecule has 0 spiro atoms. The summed E-state index contributed by atoms with van der Waals surface area (Å²) in [4.78, 5) is 67.0. The first-order valence-electron chi connectivity index (χ1n) is 18.1. The predicted molar refractivity (Wildman–Crippen MR) is 186 cm³/mol. The second kappa shape index (κ2) is 33.3. The van der Waals surface area contributed by atoms with Gasteiger partial charge in [-0.1, -0.05) is 62.3 Å². The van der Waals surface area contributed by atoms with Gasteiger partial charge in [0.05, 0.1) is 58.9 Å². The molecular weight excluding hydrogens is 699 g/mol. The minimum Gasteiger partial charge on any atom is -0.550 e. The monoisotopic (exact) mass is 762 g/mol. The molecular formula is C36H63AlO15. The van der Waals surface area contributed by atoms with Crippen LogP contribution in [0.5, 0.6) is 0 Å². The third kappa shape index (κ3) is 23.4. The van der Waals surface area contributed by atoms with Gasteiger partial charge >= 0.3 is 17.4 Å². The number of Topliss-reactive ketones (excluding diaryl/α,β-unsaturated/α-hetero) is 3. The van der Waals surface area contributed by atoms with Crippen molar-refractivity contribution in [3.05, 3.63) is 0 Å². The summed E-state index contributed by atoms with van der Waals surface area (Å²) in [5.74, 6) is -10.2. The number of rotatable bonds is 30. The van der Waals surface area contributed by atoms with Crippen LogP contribution in [0.25, 0.3) is 0 Å². The van der Waals surface area contributed by atoms with E-state index in [1.807, 2.05) is 41.5 Å². The van der Waals surface area contributed by atoms with Crippen molar-refractivity contribution in [3.63, 3.8) is 0 Å². The smallest absolute Gasteiger partial charge is 0.550 e. The third-order valence-corrected chi connectivity index (χ3v) is 6.82.